The van der Waals surface area contributed by atoms with Crippen molar-refractivity contribution < 1.29 is 9.90 Å². The summed E-state index contributed by atoms with van der Waals surface area (Å²) in [5.74, 6) is -0.0975. The quantitative estimate of drug-likeness (QED) is 0.832. The Morgan fingerprint density at radius 1 is 1.25 bits per heavy atom. The molecule has 2 rings (SSSR count). The lowest BCUT2D eigenvalue weighted by Crippen LogP contribution is -2.42. The lowest BCUT2D eigenvalue weighted by Gasteiger charge is -2.22. The second-order valence-electron chi connectivity index (χ2n) is 5.73. The number of hydrogen-bond acceptors (Lipinski definition) is 3. The van der Waals surface area contributed by atoms with Crippen LogP contribution in [0.15, 0.2) is 24.3 Å². The summed E-state index contributed by atoms with van der Waals surface area (Å²) in [6.45, 7) is 0. The van der Waals surface area contributed by atoms with Crippen molar-refractivity contribution in [3.63, 3.8) is 0 Å². The van der Waals surface area contributed by atoms with E-state index in [1.165, 1.54) is 0 Å². The van der Waals surface area contributed by atoms with E-state index in [2.05, 4.69) is 5.32 Å². The highest BCUT2D eigenvalue weighted by Gasteiger charge is 2.23. The summed E-state index contributed by atoms with van der Waals surface area (Å²) in [4.78, 5) is 14.3. The molecule has 0 bridgehead atoms. The molecule has 1 amide bonds. The lowest BCUT2D eigenvalue weighted by molar-refractivity contribution is 0.0819. The first kappa shape index (κ1) is 14.9. The van der Waals surface area contributed by atoms with Gasteiger partial charge in [0.25, 0.3) is 5.91 Å². The Labute approximate surface area is 120 Å². The second kappa shape index (κ2) is 6.75. The maximum atomic E-state index is 12.3. The van der Waals surface area contributed by atoms with Gasteiger partial charge in [-0.15, -0.1) is 0 Å². The second-order valence-corrected chi connectivity index (χ2v) is 5.73. The molecule has 0 aliphatic heterocycles. The number of hydrogen-bond donors (Lipinski definition) is 2. The summed E-state index contributed by atoms with van der Waals surface area (Å²) in [6.07, 6.45) is 4.48. The van der Waals surface area contributed by atoms with Gasteiger partial charge in [-0.1, -0.05) is 25.3 Å². The molecule has 110 valence electrons. The zero-order chi connectivity index (χ0) is 14.5. The van der Waals surface area contributed by atoms with Gasteiger partial charge in [0.2, 0.25) is 0 Å². The van der Waals surface area contributed by atoms with E-state index >= 15 is 0 Å². The van der Waals surface area contributed by atoms with E-state index in [0.717, 1.165) is 37.8 Å². The molecule has 1 saturated carbocycles. The Morgan fingerprint density at radius 2 is 2.00 bits per heavy atom. The van der Waals surface area contributed by atoms with E-state index in [4.69, 9.17) is 0 Å². The summed E-state index contributed by atoms with van der Waals surface area (Å²) in [7, 11) is 3.90. The highest BCUT2D eigenvalue weighted by molar-refractivity contribution is 5.95. The number of benzene rings is 1. The van der Waals surface area contributed by atoms with Gasteiger partial charge >= 0.3 is 0 Å². The summed E-state index contributed by atoms with van der Waals surface area (Å²) in [5.41, 5.74) is 1.65. The standard InChI is InChI=1S/C16H24N2O2/c1-18(2)13-8-6-7-12(11-13)16(20)17-14-9-4-3-5-10-15(14)19/h6-8,11,14-15,19H,3-5,9-10H2,1-2H3,(H,17,20). The Bertz CT molecular complexity index is 460. The number of carbonyl (C=O) groups excluding carboxylic acids is 1. The largest absolute Gasteiger partial charge is 0.391 e. The Kier molecular flexibility index (Phi) is 5.01. The molecule has 0 aromatic heterocycles. The Hall–Kier alpha value is -1.55. The third-order valence-corrected chi connectivity index (χ3v) is 3.92. The van der Waals surface area contributed by atoms with Gasteiger partial charge in [-0.3, -0.25) is 4.79 Å². The normalized spacial score (nSPS) is 22.9. The molecule has 1 aromatic rings. The third-order valence-electron chi connectivity index (χ3n) is 3.92. The molecule has 0 saturated heterocycles. The van der Waals surface area contributed by atoms with Crippen LogP contribution in [0.1, 0.15) is 42.5 Å². The molecule has 0 spiro atoms. The molecule has 0 heterocycles. The van der Waals surface area contributed by atoms with Gasteiger partial charge in [-0.2, -0.15) is 0 Å². The first-order chi connectivity index (χ1) is 9.58. The zero-order valence-corrected chi connectivity index (χ0v) is 12.3. The molecular formula is C16H24N2O2. The monoisotopic (exact) mass is 276 g/mol. The SMILES string of the molecule is CN(C)c1cccc(C(=O)NC2CCCCCC2O)c1. The summed E-state index contributed by atoms with van der Waals surface area (Å²) >= 11 is 0. The predicted octanol–water partition coefficient (Wildman–Crippen LogP) is 2.18. The molecule has 1 fully saturated rings. The lowest BCUT2D eigenvalue weighted by atomic mass is 10.1. The third kappa shape index (κ3) is 3.73. The van der Waals surface area contributed by atoms with Crippen molar-refractivity contribution in [2.75, 3.05) is 19.0 Å². The number of anilines is 1. The van der Waals surface area contributed by atoms with Gasteiger partial charge < -0.3 is 15.3 Å². The Morgan fingerprint density at radius 3 is 2.75 bits per heavy atom. The number of aliphatic hydroxyl groups excluding tert-OH is 1. The van der Waals surface area contributed by atoms with Crippen molar-refractivity contribution in [3.05, 3.63) is 29.8 Å². The highest BCUT2D eigenvalue weighted by Crippen LogP contribution is 2.19. The first-order valence-electron chi connectivity index (χ1n) is 7.34. The van der Waals surface area contributed by atoms with Crippen LogP contribution >= 0.6 is 0 Å². The minimum absolute atomic E-state index is 0.0975. The number of amides is 1. The fraction of sp³-hybridized carbons (Fsp3) is 0.562. The van der Waals surface area contributed by atoms with E-state index < -0.39 is 6.10 Å². The van der Waals surface area contributed by atoms with Crippen LogP contribution in [0.5, 0.6) is 0 Å². The average Bonchev–Trinajstić information content (AvgIpc) is 2.64. The maximum Gasteiger partial charge on any atom is 0.251 e. The smallest absolute Gasteiger partial charge is 0.251 e. The minimum atomic E-state index is -0.418. The molecule has 1 aliphatic rings. The van der Waals surface area contributed by atoms with Crippen LogP contribution in [0.4, 0.5) is 5.69 Å². The summed E-state index contributed by atoms with van der Waals surface area (Å²) in [5, 5.41) is 13.0. The molecule has 2 N–H and O–H groups in total. The van der Waals surface area contributed by atoms with Gasteiger partial charge in [0.15, 0.2) is 0 Å². The fourth-order valence-corrected chi connectivity index (χ4v) is 2.63. The van der Waals surface area contributed by atoms with Crippen LogP contribution in [0, 0.1) is 0 Å². The minimum Gasteiger partial charge on any atom is -0.391 e. The van der Waals surface area contributed by atoms with Gasteiger partial charge in [0.1, 0.15) is 0 Å². The molecule has 20 heavy (non-hydrogen) atoms. The molecule has 2 atom stereocenters. The van der Waals surface area contributed by atoms with Crippen molar-refractivity contribution in [2.24, 2.45) is 0 Å². The van der Waals surface area contributed by atoms with Crippen LogP contribution in [0.25, 0.3) is 0 Å². The zero-order valence-electron chi connectivity index (χ0n) is 12.3. The molecule has 0 radical (unpaired) electrons. The number of nitrogens with one attached hydrogen (secondary N) is 1. The highest BCUT2D eigenvalue weighted by atomic mass is 16.3. The van der Waals surface area contributed by atoms with E-state index in [1.807, 2.05) is 43.3 Å². The van der Waals surface area contributed by atoms with Gasteiger partial charge in [-0.05, 0) is 31.0 Å². The number of rotatable bonds is 3. The molecule has 2 unspecified atom stereocenters. The van der Waals surface area contributed by atoms with Crippen molar-refractivity contribution >= 4 is 11.6 Å². The summed E-state index contributed by atoms with van der Waals surface area (Å²) in [6, 6.07) is 7.42. The van der Waals surface area contributed by atoms with E-state index in [0.29, 0.717) is 5.56 Å². The molecular weight excluding hydrogens is 252 g/mol. The van der Waals surface area contributed by atoms with Crippen LogP contribution in [-0.2, 0) is 0 Å². The first-order valence-corrected chi connectivity index (χ1v) is 7.34. The van der Waals surface area contributed by atoms with Gasteiger partial charge in [0, 0.05) is 25.3 Å². The van der Waals surface area contributed by atoms with Crippen LogP contribution in [0.3, 0.4) is 0 Å². The van der Waals surface area contributed by atoms with E-state index in [9.17, 15) is 9.90 Å². The van der Waals surface area contributed by atoms with Crippen LogP contribution < -0.4 is 10.2 Å². The van der Waals surface area contributed by atoms with Crippen molar-refractivity contribution in [1.82, 2.24) is 5.32 Å². The number of aliphatic hydroxyl groups is 1. The molecule has 1 aromatic carbocycles. The number of carbonyl (C=O) groups is 1. The van der Waals surface area contributed by atoms with E-state index in [1.54, 1.807) is 0 Å². The maximum absolute atomic E-state index is 12.3. The van der Waals surface area contributed by atoms with Gasteiger partial charge in [-0.25, -0.2) is 0 Å². The van der Waals surface area contributed by atoms with Crippen molar-refractivity contribution in [3.8, 4) is 0 Å². The summed E-state index contributed by atoms with van der Waals surface area (Å²) < 4.78 is 0. The predicted molar refractivity (Wildman–Crippen MR) is 81.1 cm³/mol. The average molecular weight is 276 g/mol. The molecule has 4 nitrogen and oxygen atoms in total. The van der Waals surface area contributed by atoms with E-state index in [-0.39, 0.29) is 11.9 Å². The topological polar surface area (TPSA) is 52.6 Å². The van der Waals surface area contributed by atoms with Gasteiger partial charge in [0.05, 0.1) is 12.1 Å². The molecule has 4 heteroatoms. The molecule has 1 aliphatic carbocycles. The van der Waals surface area contributed by atoms with Crippen LogP contribution in [0.2, 0.25) is 0 Å². The van der Waals surface area contributed by atoms with Crippen LogP contribution in [-0.4, -0.2) is 37.3 Å². The Balaban J connectivity index is 2.05. The van der Waals surface area contributed by atoms with Crippen molar-refractivity contribution in [2.45, 2.75) is 44.2 Å². The van der Waals surface area contributed by atoms with Crippen molar-refractivity contribution in [1.29, 1.82) is 0 Å². The fourth-order valence-electron chi connectivity index (χ4n) is 2.63. The number of nitrogens with zero attached hydrogens (tertiary/aromatic N) is 1.